The van der Waals surface area contributed by atoms with E-state index in [-0.39, 0.29) is 0 Å². The molecule has 3 nitrogen and oxygen atoms in total. The predicted molar refractivity (Wildman–Crippen MR) is 257 cm³/mol. The molecule has 0 aliphatic rings. The summed E-state index contributed by atoms with van der Waals surface area (Å²) in [4.78, 5) is 2.43. The number of fused-ring (bicyclic) bond motifs is 8. The van der Waals surface area contributed by atoms with Crippen LogP contribution in [0.5, 0.6) is 0 Å². The number of hydrogen-bond acceptors (Lipinski definition) is 2. The van der Waals surface area contributed by atoms with Gasteiger partial charge in [-0.1, -0.05) is 170 Å². The third-order valence-corrected chi connectivity index (χ3v) is 12.2. The first-order valence-electron chi connectivity index (χ1n) is 20.8. The Kier molecular flexibility index (Phi) is 8.17. The molecule has 2 heterocycles. The monoisotopic (exact) mass is 778 g/mol. The van der Waals surface area contributed by atoms with E-state index in [0.29, 0.717) is 0 Å². The normalized spacial score (nSPS) is 11.6. The molecule has 0 saturated heterocycles. The minimum atomic E-state index is 0.870. The molecule has 0 N–H and O–H groups in total. The van der Waals surface area contributed by atoms with Crippen LogP contribution in [0.2, 0.25) is 0 Å². The van der Waals surface area contributed by atoms with Crippen LogP contribution in [0.25, 0.3) is 93.6 Å². The van der Waals surface area contributed by atoms with Crippen molar-refractivity contribution in [1.29, 1.82) is 0 Å². The zero-order valence-corrected chi connectivity index (χ0v) is 33.2. The summed E-state index contributed by atoms with van der Waals surface area (Å²) in [6.45, 7) is 0. The van der Waals surface area contributed by atoms with Gasteiger partial charge < -0.3 is 13.9 Å². The maximum absolute atomic E-state index is 7.08. The molecule has 3 heteroatoms. The molecule has 0 aliphatic heterocycles. The Bertz CT molecular complexity index is 3570. The molecular weight excluding hydrogens is 741 g/mol. The van der Waals surface area contributed by atoms with Crippen molar-refractivity contribution in [2.24, 2.45) is 0 Å². The minimum Gasteiger partial charge on any atom is -0.455 e. The molecule has 0 spiro atoms. The Balaban J connectivity index is 1.20. The Hall–Kier alpha value is -8.14. The van der Waals surface area contributed by atoms with Gasteiger partial charge in [-0.25, -0.2) is 0 Å². The summed E-state index contributed by atoms with van der Waals surface area (Å²) in [5.41, 5.74) is 15.2. The van der Waals surface area contributed by atoms with Crippen LogP contribution in [0.1, 0.15) is 0 Å². The molecule has 0 saturated carbocycles. The molecule has 0 fully saturated rings. The van der Waals surface area contributed by atoms with Crippen LogP contribution in [-0.4, -0.2) is 4.57 Å². The molecule has 61 heavy (non-hydrogen) atoms. The highest BCUT2D eigenvalue weighted by molar-refractivity contribution is 6.24. The number of aromatic nitrogens is 1. The molecule has 12 aromatic rings. The third-order valence-electron chi connectivity index (χ3n) is 12.2. The summed E-state index contributed by atoms with van der Waals surface area (Å²) < 4.78 is 9.46. The second-order valence-corrected chi connectivity index (χ2v) is 15.7. The van der Waals surface area contributed by atoms with Crippen LogP contribution in [-0.2, 0) is 0 Å². The second kappa shape index (κ2) is 14.3. The zero-order chi connectivity index (χ0) is 40.3. The Morgan fingerprint density at radius 1 is 0.361 bits per heavy atom. The van der Waals surface area contributed by atoms with Gasteiger partial charge in [-0.05, 0) is 93.7 Å². The second-order valence-electron chi connectivity index (χ2n) is 15.7. The highest BCUT2D eigenvalue weighted by Gasteiger charge is 2.25. The van der Waals surface area contributed by atoms with Crippen molar-refractivity contribution in [3.63, 3.8) is 0 Å². The van der Waals surface area contributed by atoms with Crippen molar-refractivity contribution in [2.75, 3.05) is 4.90 Å². The van der Waals surface area contributed by atoms with Crippen LogP contribution >= 0.6 is 0 Å². The number of nitrogens with zero attached hydrogens (tertiary/aromatic N) is 2. The van der Waals surface area contributed by atoms with Crippen molar-refractivity contribution >= 4 is 71.6 Å². The van der Waals surface area contributed by atoms with Gasteiger partial charge in [0.05, 0.1) is 16.7 Å². The summed E-state index contributed by atoms with van der Waals surface area (Å²) in [5, 5.41) is 6.93. The first kappa shape index (κ1) is 34.9. The summed E-state index contributed by atoms with van der Waals surface area (Å²) >= 11 is 0. The van der Waals surface area contributed by atoms with Gasteiger partial charge in [0.25, 0.3) is 0 Å². The van der Waals surface area contributed by atoms with E-state index >= 15 is 0 Å². The number of benzene rings is 10. The summed E-state index contributed by atoms with van der Waals surface area (Å²) in [7, 11) is 0. The quantitative estimate of drug-likeness (QED) is 0.161. The molecule has 2 aromatic heterocycles. The number of hydrogen-bond donors (Lipinski definition) is 0. The molecule has 10 aromatic carbocycles. The van der Waals surface area contributed by atoms with E-state index in [9.17, 15) is 0 Å². The van der Waals surface area contributed by atoms with Crippen molar-refractivity contribution in [1.82, 2.24) is 4.57 Å². The topological polar surface area (TPSA) is 21.3 Å². The first-order chi connectivity index (χ1) is 30.3. The van der Waals surface area contributed by atoms with E-state index in [1.165, 1.54) is 32.7 Å². The Labute approximate surface area is 353 Å². The van der Waals surface area contributed by atoms with E-state index in [1.54, 1.807) is 0 Å². The largest absolute Gasteiger partial charge is 0.455 e. The molecule has 0 radical (unpaired) electrons. The first-order valence-corrected chi connectivity index (χ1v) is 20.8. The fraction of sp³-hybridized carbons (Fsp3) is 0. The highest BCUT2D eigenvalue weighted by atomic mass is 16.3. The standard InChI is InChI=1S/C58H38N2O/c1-4-17-39(18-5-1)40-31-34-44(35-32-40)59(52-28-14-12-24-46(52)41-19-6-2-7-20-41)45-37-50(58-51(38-45)57-47-25-11-10-21-42(47)33-36-55(57)61-58)48-27-16-30-54-56(48)49-26-13-15-29-53(49)60(54)43-22-8-3-9-23-43/h1-38H. The van der Waals surface area contributed by atoms with Gasteiger partial charge in [0, 0.05) is 49.7 Å². The van der Waals surface area contributed by atoms with Crippen molar-refractivity contribution in [2.45, 2.75) is 0 Å². The van der Waals surface area contributed by atoms with Crippen LogP contribution in [0.4, 0.5) is 17.1 Å². The van der Waals surface area contributed by atoms with E-state index in [2.05, 4.69) is 240 Å². The van der Waals surface area contributed by atoms with Crippen LogP contribution in [0, 0.1) is 0 Å². The van der Waals surface area contributed by atoms with Gasteiger partial charge in [0.2, 0.25) is 0 Å². The van der Waals surface area contributed by atoms with Crippen LogP contribution in [0.3, 0.4) is 0 Å². The fourth-order valence-corrected chi connectivity index (χ4v) is 9.45. The number of rotatable bonds is 7. The summed E-state index contributed by atoms with van der Waals surface area (Å²) in [6.07, 6.45) is 0. The molecule has 286 valence electrons. The molecule has 0 bridgehead atoms. The van der Waals surface area contributed by atoms with Gasteiger partial charge >= 0.3 is 0 Å². The average molecular weight is 779 g/mol. The van der Waals surface area contributed by atoms with Gasteiger partial charge in [-0.3, -0.25) is 0 Å². The van der Waals surface area contributed by atoms with Crippen molar-refractivity contribution in [3.05, 3.63) is 231 Å². The van der Waals surface area contributed by atoms with Gasteiger partial charge in [0.15, 0.2) is 0 Å². The number of anilines is 3. The average Bonchev–Trinajstić information content (AvgIpc) is 3.89. The highest BCUT2D eigenvalue weighted by Crippen LogP contribution is 2.49. The summed E-state index contributed by atoms with van der Waals surface area (Å²) in [5.74, 6) is 0. The Morgan fingerprint density at radius 2 is 0.984 bits per heavy atom. The predicted octanol–water partition coefficient (Wildman–Crippen LogP) is 16.3. The lowest BCUT2D eigenvalue weighted by Gasteiger charge is -2.29. The Morgan fingerprint density at radius 3 is 1.79 bits per heavy atom. The molecule has 0 atom stereocenters. The van der Waals surface area contributed by atoms with Gasteiger partial charge in [0.1, 0.15) is 11.2 Å². The fourth-order valence-electron chi connectivity index (χ4n) is 9.45. The maximum Gasteiger partial charge on any atom is 0.143 e. The molecule has 12 rings (SSSR count). The lowest BCUT2D eigenvalue weighted by atomic mass is 9.95. The van der Waals surface area contributed by atoms with E-state index < -0.39 is 0 Å². The third kappa shape index (κ3) is 5.74. The number of furan rings is 1. The van der Waals surface area contributed by atoms with Gasteiger partial charge in [-0.15, -0.1) is 0 Å². The van der Waals surface area contributed by atoms with Crippen LogP contribution in [0.15, 0.2) is 235 Å². The van der Waals surface area contributed by atoms with E-state index in [0.717, 1.165) is 78.0 Å². The molecule has 0 unspecified atom stereocenters. The lowest BCUT2D eigenvalue weighted by Crippen LogP contribution is -2.11. The van der Waals surface area contributed by atoms with Crippen molar-refractivity contribution < 1.29 is 4.42 Å². The van der Waals surface area contributed by atoms with Gasteiger partial charge in [-0.2, -0.15) is 0 Å². The van der Waals surface area contributed by atoms with E-state index in [1.807, 2.05) is 0 Å². The SMILES string of the molecule is c1ccc(-c2ccc(N(c3cc(-c4cccc5c4c4ccccc4n5-c4ccccc4)c4oc5ccc6ccccc6c5c4c3)c3ccccc3-c3ccccc3)cc2)cc1. The zero-order valence-electron chi connectivity index (χ0n) is 33.2. The van der Waals surface area contributed by atoms with Crippen molar-refractivity contribution in [3.8, 4) is 39.1 Å². The number of para-hydroxylation sites is 3. The smallest absolute Gasteiger partial charge is 0.143 e. The minimum absolute atomic E-state index is 0.870. The van der Waals surface area contributed by atoms with Crippen LogP contribution < -0.4 is 4.90 Å². The van der Waals surface area contributed by atoms with E-state index in [4.69, 9.17) is 4.42 Å². The summed E-state index contributed by atoms with van der Waals surface area (Å²) in [6, 6.07) is 82.8. The molecule has 0 amide bonds. The molecular formula is C58H38N2O. The lowest BCUT2D eigenvalue weighted by molar-refractivity contribution is 0.670. The molecule has 0 aliphatic carbocycles. The maximum atomic E-state index is 7.08.